The molecule has 1 rings (SSSR count). The fourth-order valence-electron chi connectivity index (χ4n) is 1.84. The van der Waals surface area contributed by atoms with Gasteiger partial charge < -0.3 is 0 Å². The van der Waals surface area contributed by atoms with Crippen molar-refractivity contribution in [3.63, 3.8) is 0 Å². The molecule has 0 unspecified atom stereocenters. The molecule has 0 bridgehead atoms. The van der Waals surface area contributed by atoms with Gasteiger partial charge in [-0.25, -0.2) is 0 Å². The zero-order chi connectivity index (χ0) is 22.6. The summed E-state index contributed by atoms with van der Waals surface area (Å²) >= 11 is 1.93. The van der Waals surface area contributed by atoms with Crippen LogP contribution in [-0.2, 0) is 31.8 Å². The second-order valence-electron chi connectivity index (χ2n) is 5.51. The summed E-state index contributed by atoms with van der Waals surface area (Å²) < 4.78 is 151. The Labute approximate surface area is 156 Å². The molecule has 0 aliphatic carbocycles. The zero-order valence-electron chi connectivity index (χ0n) is 12.7. The number of hydrogen-bond acceptors (Lipinski definition) is 2. The van der Waals surface area contributed by atoms with Crippen LogP contribution in [0.1, 0.15) is 0 Å². The summed E-state index contributed by atoms with van der Waals surface area (Å²) in [7, 11) is 0. The van der Waals surface area contributed by atoms with Gasteiger partial charge in [-0.2, -0.15) is 0 Å². The van der Waals surface area contributed by atoms with Crippen LogP contribution in [0.25, 0.3) is 0 Å². The molecule has 0 spiro atoms. The molecule has 0 amide bonds. The van der Waals surface area contributed by atoms with E-state index in [1.807, 2.05) is 18.7 Å². The Morgan fingerprint density at radius 3 is 1.00 bits per heavy atom. The van der Waals surface area contributed by atoms with Gasteiger partial charge in [-0.1, -0.05) is 0 Å². The molecule has 0 radical (unpaired) electrons. The number of halogens is 12. The van der Waals surface area contributed by atoms with Crippen LogP contribution < -0.4 is 0 Å². The molecule has 28 heavy (non-hydrogen) atoms. The molecular formula is C11H8F12N2O2Pd. The predicted octanol–water partition coefficient (Wildman–Crippen LogP) is 3.08. The maximum absolute atomic E-state index is 12.7. The summed E-state index contributed by atoms with van der Waals surface area (Å²) in [6.07, 6.45) is -24.6. The number of alkyl halides is 12. The van der Waals surface area contributed by atoms with Gasteiger partial charge in [-0.05, 0) is 0 Å². The molecule has 1 heterocycles. The van der Waals surface area contributed by atoms with Gasteiger partial charge in [0.05, 0.1) is 0 Å². The summed E-state index contributed by atoms with van der Waals surface area (Å²) in [5.74, 6) is 0. The van der Waals surface area contributed by atoms with Crippen LogP contribution in [0, 0.1) is 3.89 Å². The molecule has 0 aliphatic rings. The van der Waals surface area contributed by atoms with Gasteiger partial charge in [-0.15, -0.1) is 0 Å². The Morgan fingerprint density at radius 1 is 0.607 bits per heavy atom. The second kappa shape index (κ2) is 7.03. The van der Waals surface area contributed by atoms with E-state index in [0.29, 0.717) is 0 Å². The monoisotopic (exact) mass is 534 g/mol. The topological polar surface area (TPSA) is 50.3 Å². The first-order chi connectivity index (χ1) is 12.1. The first-order valence-corrected chi connectivity index (χ1v) is 7.29. The quantitative estimate of drug-likeness (QED) is 0.461. The number of aliphatic hydroxyl groups is 2. The van der Waals surface area contributed by atoms with Gasteiger partial charge in [0.15, 0.2) is 0 Å². The van der Waals surface area contributed by atoms with Crippen LogP contribution in [0.3, 0.4) is 0 Å². The third-order valence-corrected chi connectivity index (χ3v) is 4.43. The molecular weight excluding hydrogens is 527 g/mol. The van der Waals surface area contributed by atoms with Crippen molar-refractivity contribution in [1.82, 2.24) is 9.13 Å². The molecule has 0 saturated heterocycles. The molecule has 4 nitrogen and oxygen atoms in total. The minimum absolute atomic E-state index is 0.114. The van der Waals surface area contributed by atoms with E-state index in [2.05, 4.69) is 0 Å². The first kappa shape index (κ1) is 25.0. The van der Waals surface area contributed by atoms with Crippen LogP contribution in [0.4, 0.5) is 52.7 Å². The fourth-order valence-corrected chi connectivity index (χ4v) is 2.32. The Kier molecular flexibility index (Phi) is 6.27. The van der Waals surface area contributed by atoms with Gasteiger partial charge in [0.1, 0.15) is 0 Å². The summed E-state index contributed by atoms with van der Waals surface area (Å²) in [5, 5.41) is 18.1. The van der Waals surface area contributed by atoms with Crippen molar-refractivity contribution in [2.24, 2.45) is 0 Å². The normalized spacial score (nSPS) is 15.3. The standard InChI is InChI=1S/C11H8F12N2O2.Pd/c12-8(13,14)6(26,9(15,16)17)3-24-1-2-25(5-24)4-7(27,10(18,19)20)11(21,22)23;/h1-2,26-27H,3-4H2;. The molecule has 1 aromatic rings. The number of rotatable bonds is 4. The Hall–Kier alpha value is -1.05. The van der Waals surface area contributed by atoms with Gasteiger partial charge in [-0.3, -0.25) is 0 Å². The summed E-state index contributed by atoms with van der Waals surface area (Å²) in [5.41, 5.74) is -10.7. The number of nitrogens with zero attached hydrogens (tertiary/aromatic N) is 2. The zero-order valence-corrected chi connectivity index (χ0v) is 14.3. The van der Waals surface area contributed by atoms with Crippen molar-refractivity contribution in [2.45, 2.75) is 49.0 Å². The molecule has 2 N–H and O–H groups in total. The van der Waals surface area contributed by atoms with E-state index in [1.165, 1.54) is 0 Å². The summed E-state index contributed by atoms with van der Waals surface area (Å²) in [6, 6.07) is 0. The van der Waals surface area contributed by atoms with E-state index in [4.69, 9.17) is 10.2 Å². The van der Waals surface area contributed by atoms with Crippen LogP contribution in [-0.4, -0.2) is 55.3 Å². The molecule has 0 fully saturated rings. The van der Waals surface area contributed by atoms with Crippen molar-refractivity contribution in [3.8, 4) is 0 Å². The van der Waals surface area contributed by atoms with E-state index < -0.39 is 52.9 Å². The summed E-state index contributed by atoms with van der Waals surface area (Å²) in [4.78, 5) is 0. The van der Waals surface area contributed by atoms with E-state index in [1.54, 1.807) is 0 Å². The third-order valence-electron chi connectivity index (χ3n) is 3.54. The van der Waals surface area contributed by atoms with Crippen molar-refractivity contribution in [1.29, 1.82) is 0 Å². The van der Waals surface area contributed by atoms with Gasteiger partial charge >= 0.3 is 156 Å². The number of hydrogen-bond donors (Lipinski definition) is 2. The molecule has 1 aromatic heterocycles. The van der Waals surface area contributed by atoms with Gasteiger partial charge in [0, 0.05) is 0 Å². The average Bonchev–Trinajstić information content (AvgIpc) is 2.75. The van der Waals surface area contributed by atoms with E-state index >= 15 is 0 Å². The van der Waals surface area contributed by atoms with Crippen LogP contribution in [0.5, 0.6) is 0 Å². The molecule has 168 valence electrons. The predicted molar refractivity (Wildman–Crippen MR) is 59.8 cm³/mol. The fraction of sp³-hybridized carbons (Fsp3) is 0.727. The van der Waals surface area contributed by atoms with Crippen molar-refractivity contribution in [2.75, 3.05) is 0 Å². The maximum atomic E-state index is 12.7. The molecule has 0 saturated carbocycles. The number of aromatic nitrogens is 2. The van der Waals surface area contributed by atoms with Crippen molar-refractivity contribution in [3.05, 3.63) is 16.3 Å². The third kappa shape index (κ3) is 4.26. The van der Waals surface area contributed by atoms with Gasteiger partial charge in [0.25, 0.3) is 0 Å². The Bertz CT molecular complexity index is 665. The minimum atomic E-state index is -6.28. The molecule has 0 aliphatic heterocycles. The second-order valence-corrected chi connectivity index (χ2v) is 6.20. The van der Waals surface area contributed by atoms with Crippen LogP contribution in [0.2, 0.25) is 0 Å². The van der Waals surface area contributed by atoms with Crippen LogP contribution in [0.15, 0.2) is 12.4 Å². The van der Waals surface area contributed by atoms with E-state index in [-0.39, 0.29) is 21.5 Å². The molecule has 0 aromatic carbocycles. The van der Waals surface area contributed by atoms with E-state index in [9.17, 15) is 52.7 Å². The van der Waals surface area contributed by atoms with Gasteiger partial charge in [0.2, 0.25) is 0 Å². The molecule has 17 heteroatoms. The Morgan fingerprint density at radius 2 is 0.821 bits per heavy atom. The SMILES string of the molecule is OC(Cn1ccn(CC(O)(C(F)(F)F)C(F)(F)F)[c]1=[Pd])(C(F)(F)F)C(F)(F)F. The summed E-state index contributed by atoms with van der Waals surface area (Å²) in [6.45, 7) is -4.67. The van der Waals surface area contributed by atoms with Crippen molar-refractivity contribution < 1.29 is 81.6 Å². The number of imidazole rings is 1. The van der Waals surface area contributed by atoms with Crippen LogP contribution >= 0.6 is 0 Å². The average molecular weight is 535 g/mol. The molecule has 0 atom stereocenters. The first-order valence-electron chi connectivity index (χ1n) is 6.51. The van der Waals surface area contributed by atoms with E-state index in [0.717, 1.165) is 0 Å². The van der Waals surface area contributed by atoms with Crippen molar-refractivity contribution >= 4 is 0 Å². The Balaban J connectivity index is 3.39.